The molecule has 0 fully saturated rings. The van der Waals surface area contributed by atoms with Crippen LogP contribution < -0.4 is 0 Å². The lowest BCUT2D eigenvalue weighted by atomic mass is 10.2. The number of hydrogen-bond acceptors (Lipinski definition) is 2. The van der Waals surface area contributed by atoms with Gasteiger partial charge in [0, 0.05) is 0 Å². The highest BCUT2D eigenvalue weighted by molar-refractivity contribution is 7.98. The van der Waals surface area contributed by atoms with Crippen molar-refractivity contribution in [3.8, 4) is 0 Å². The Morgan fingerprint density at radius 1 is 1.62 bits per heavy atom. The number of thioether (sulfide) groups is 1. The summed E-state index contributed by atoms with van der Waals surface area (Å²) in [4.78, 5) is 10.7. The van der Waals surface area contributed by atoms with Crippen LogP contribution in [0.15, 0.2) is 17.0 Å². The quantitative estimate of drug-likeness (QED) is 0.779. The SMILES string of the molecule is CSc1c(F)cc(C(=O)O)cc1Cl. The molecule has 0 aliphatic rings. The van der Waals surface area contributed by atoms with Crippen LogP contribution in [0.2, 0.25) is 5.02 Å². The van der Waals surface area contributed by atoms with Crippen LogP contribution in [-0.2, 0) is 0 Å². The predicted molar refractivity (Wildman–Crippen MR) is 50.2 cm³/mol. The lowest BCUT2D eigenvalue weighted by Crippen LogP contribution is -1.98. The summed E-state index contributed by atoms with van der Waals surface area (Å²) in [6.07, 6.45) is 1.67. The Morgan fingerprint density at radius 3 is 2.62 bits per heavy atom. The first kappa shape index (κ1) is 10.3. The minimum Gasteiger partial charge on any atom is -0.478 e. The summed E-state index contributed by atoms with van der Waals surface area (Å²) in [5, 5.41) is 8.69. The Morgan fingerprint density at radius 2 is 2.23 bits per heavy atom. The first-order valence-corrected chi connectivity index (χ1v) is 4.93. The Bertz CT molecular complexity index is 331. The van der Waals surface area contributed by atoms with Crippen molar-refractivity contribution in [2.24, 2.45) is 0 Å². The Hall–Kier alpha value is -0.740. The highest BCUT2D eigenvalue weighted by Crippen LogP contribution is 2.29. The predicted octanol–water partition coefficient (Wildman–Crippen LogP) is 2.90. The summed E-state index contributed by atoms with van der Waals surface area (Å²) < 4.78 is 13.1. The molecule has 0 aliphatic heterocycles. The van der Waals surface area contributed by atoms with Crippen molar-refractivity contribution >= 4 is 29.3 Å². The second-order valence-corrected chi connectivity index (χ2v) is 3.50. The summed E-state index contributed by atoms with van der Waals surface area (Å²) in [6, 6.07) is 2.19. The highest BCUT2D eigenvalue weighted by Gasteiger charge is 2.12. The average Bonchev–Trinajstić information content (AvgIpc) is 2.03. The molecule has 70 valence electrons. The Labute approximate surface area is 83.7 Å². The average molecular weight is 221 g/mol. The van der Waals surface area contributed by atoms with Crippen LogP contribution in [0.1, 0.15) is 10.4 Å². The maximum atomic E-state index is 13.1. The van der Waals surface area contributed by atoms with Crippen LogP contribution in [0.4, 0.5) is 4.39 Å². The molecule has 1 aromatic rings. The largest absolute Gasteiger partial charge is 0.478 e. The monoisotopic (exact) mass is 220 g/mol. The van der Waals surface area contributed by atoms with E-state index in [1.54, 1.807) is 6.26 Å². The van der Waals surface area contributed by atoms with Crippen molar-refractivity contribution in [3.63, 3.8) is 0 Å². The molecule has 0 atom stereocenters. The van der Waals surface area contributed by atoms with Gasteiger partial charge in [-0.25, -0.2) is 9.18 Å². The summed E-state index contributed by atoms with van der Waals surface area (Å²) >= 11 is 6.80. The maximum absolute atomic E-state index is 13.1. The third kappa shape index (κ3) is 2.14. The number of rotatable bonds is 2. The van der Waals surface area contributed by atoms with Crippen LogP contribution >= 0.6 is 23.4 Å². The lowest BCUT2D eigenvalue weighted by Gasteiger charge is -2.03. The number of carbonyl (C=O) groups is 1. The number of carboxylic acids is 1. The lowest BCUT2D eigenvalue weighted by molar-refractivity contribution is 0.0696. The van der Waals surface area contributed by atoms with Crippen LogP contribution in [0.5, 0.6) is 0 Å². The van der Waals surface area contributed by atoms with Crippen molar-refractivity contribution in [1.82, 2.24) is 0 Å². The summed E-state index contributed by atoms with van der Waals surface area (Å²) in [7, 11) is 0. The van der Waals surface area contributed by atoms with Gasteiger partial charge in [0.05, 0.1) is 15.5 Å². The number of aromatic carboxylic acids is 1. The van der Waals surface area contributed by atoms with Crippen molar-refractivity contribution in [2.75, 3.05) is 6.26 Å². The van der Waals surface area contributed by atoms with E-state index in [-0.39, 0.29) is 15.5 Å². The number of hydrogen-bond donors (Lipinski definition) is 1. The number of halogens is 2. The smallest absolute Gasteiger partial charge is 0.335 e. The van der Waals surface area contributed by atoms with Gasteiger partial charge >= 0.3 is 5.97 Å². The van der Waals surface area contributed by atoms with Crippen molar-refractivity contribution in [2.45, 2.75) is 4.90 Å². The fourth-order valence-electron chi connectivity index (χ4n) is 0.878. The molecule has 0 bridgehead atoms. The van der Waals surface area contributed by atoms with E-state index >= 15 is 0 Å². The fourth-order valence-corrected chi connectivity index (χ4v) is 1.83. The van der Waals surface area contributed by atoms with Gasteiger partial charge in [0.25, 0.3) is 0 Å². The van der Waals surface area contributed by atoms with Crippen LogP contribution in [-0.4, -0.2) is 17.3 Å². The molecule has 0 saturated carbocycles. The van der Waals surface area contributed by atoms with E-state index in [4.69, 9.17) is 16.7 Å². The van der Waals surface area contributed by atoms with E-state index in [0.29, 0.717) is 0 Å². The van der Waals surface area contributed by atoms with E-state index in [2.05, 4.69) is 0 Å². The Kier molecular flexibility index (Phi) is 3.17. The molecule has 1 N–H and O–H groups in total. The summed E-state index contributed by atoms with van der Waals surface area (Å²) in [5.41, 5.74) is -0.139. The zero-order chi connectivity index (χ0) is 10.0. The first-order chi connectivity index (χ1) is 6.06. The topological polar surface area (TPSA) is 37.3 Å². The van der Waals surface area contributed by atoms with E-state index in [1.165, 1.54) is 6.07 Å². The number of benzene rings is 1. The molecule has 0 aliphatic carbocycles. The molecule has 1 rings (SSSR count). The molecule has 0 saturated heterocycles. The normalized spacial score (nSPS) is 10.1. The zero-order valence-corrected chi connectivity index (χ0v) is 8.25. The minimum absolute atomic E-state index is 0.130. The third-order valence-electron chi connectivity index (χ3n) is 1.45. The minimum atomic E-state index is -1.19. The van der Waals surface area contributed by atoms with E-state index in [1.807, 2.05) is 0 Å². The van der Waals surface area contributed by atoms with Gasteiger partial charge in [-0.1, -0.05) is 11.6 Å². The summed E-state index contributed by atoms with van der Waals surface area (Å²) in [6.45, 7) is 0. The second kappa shape index (κ2) is 3.98. The van der Waals surface area contributed by atoms with Gasteiger partial charge in [0.2, 0.25) is 0 Å². The third-order valence-corrected chi connectivity index (χ3v) is 2.68. The molecule has 0 amide bonds. The zero-order valence-electron chi connectivity index (χ0n) is 6.67. The van der Waals surface area contributed by atoms with Gasteiger partial charge in [-0.2, -0.15) is 0 Å². The molecular weight excluding hydrogens is 215 g/mol. The molecule has 5 heteroatoms. The van der Waals surface area contributed by atoms with Gasteiger partial charge in [0.15, 0.2) is 0 Å². The summed E-state index contributed by atoms with van der Waals surface area (Å²) in [5.74, 6) is -1.79. The van der Waals surface area contributed by atoms with Crippen LogP contribution in [0.25, 0.3) is 0 Å². The molecular formula is C8H6ClFO2S. The van der Waals surface area contributed by atoms with Crippen LogP contribution in [0, 0.1) is 5.82 Å². The van der Waals surface area contributed by atoms with E-state index < -0.39 is 11.8 Å². The second-order valence-electron chi connectivity index (χ2n) is 2.28. The highest BCUT2D eigenvalue weighted by atomic mass is 35.5. The molecule has 13 heavy (non-hydrogen) atoms. The fraction of sp³-hybridized carbons (Fsp3) is 0.125. The van der Waals surface area contributed by atoms with Gasteiger partial charge in [-0.05, 0) is 18.4 Å². The molecule has 0 unspecified atom stereocenters. The Balaban J connectivity index is 3.28. The van der Waals surface area contributed by atoms with Gasteiger partial charge in [-0.3, -0.25) is 0 Å². The van der Waals surface area contributed by atoms with Gasteiger partial charge in [-0.15, -0.1) is 11.8 Å². The molecule has 0 radical (unpaired) electrons. The molecule has 0 spiro atoms. The van der Waals surface area contributed by atoms with Gasteiger partial charge in [0.1, 0.15) is 5.82 Å². The standard InChI is InChI=1S/C8H6ClFO2S/c1-13-7-5(9)2-4(8(11)12)3-6(7)10/h2-3H,1H3,(H,11,12). The van der Waals surface area contributed by atoms with E-state index in [9.17, 15) is 9.18 Å². The molecule has 0 heterocycles. The first-order valence-electron chi connectivity index (χ1n) is 3.32. The van der Waals surface area contributed by atoms with Crippen molar-refractivity contribution < 1.29 is 14.3 Å². The maximum Gasteiger partial charge on any atom is 0.335 e. The molecule has 0 aromatic heterocycles. The van der Waals surface area contributed by atoms with Crippen molar-refractivity contribution in [1.29, 1.82) is 0 Å². The van der Waals surface area contributed by atoms with Gasteiger partial charge < -0.3 is 5.11 Å². The molecule has 2 nitrogen and oxygen atoms in total. The van der Waals surface area contributed by atoms with Crippen molar-refractivity contribution in [3.05, 3.63) is 28.5 Å². The van der Waals surface area contributed by atoms with E-state index in [0.717, 1.165) is 17.8 Å². The molecule has 1 aromatic carbocycles. The van der Waals surface area contributed by atoms with Crippen LogP contribution in [0.3, 0.4) is 0 Å². The number of carboxylic acid groups (broad SMARTS) is 1.